The van der Waals surface area contributed by atoms with Gasteiger partial charge >= 0.3 is 7.12 Å². The number of carbonyl (C=O) groups is 1. The van der Waals surface area contributed by atoms with Crippen molar-refractivity contribution in [1.82, 2.24) is 0 Å². The number of hydrogen-bond acceptors (Lipinski definition) is 6. The van der Waals surface area contributed by atoms with Crippen molar-refractivity contribution in [2.75, 3.05) is 0 Å². The average Bonchev–Trinajstić information content (AvgIpc) is 3.76. The molecule has 1 unspecified atom stereocenters. The van der Waals surface area contributed by atoms with Gasteiger partial charge in [0.1, 0.15) is 17.9 Å². The number of carbonyl (C=O) groups excluding carboxylic acids is 1. The van der Waals surface area contributed by atoms with Crippen molar-refractivity contribution in [3.05, 3.63) is 161 Å². The van der Waals surface area contributed by atoms with E-state index in [1.165, 1.54) is 62.1 Å². The quantitative estimate of drug-likeness (QED) is 0.0617. The summed E-state index contributed by atoms with van der Waals surface area (Å²) in [7, 11) is -1.36. The monoisotopic (exact) mass is 813 g/mol. The van der Waals surface area contributed by atoms with Crippen LogP contribution in [0.2, 0.25) is 0 Å². The summed E-state index contributed by atoms with van der Waals surface area (Å²) in [6, 6.07) is 34.7. The van der Waals surface area contributed by atoms with E-state index in [0.29, 0.717) is 11.0 Å². The molecule has 6 nitrogen and oxygen atoms in total. The summed E-state index contributed by atoms with van der Waals surface area (Å²) in [5.74, 6) is -0.652. The Bertz CT molecular complexity index is 1870. The van der Waals surface area contributed by atoms with Gasteiger partial charge in [-0.25, -0.2) is 8.78 Å². The predicted molar refractivity (Wildman–Crippen MR) is 235 cm³/mol. The lowest BCUT2D eigenvalue weighted by molar-refractivity contribution is 0.112. The molecule has 7 rings (SSSR count). The van der Waals surface area contributed by atoms with Gasteiger partial charge in [0.05, 0.1) is 19.3 Å². The van der Waals surface area contributed by atoms with E-state index in [-0.39, 0.29) is 46.7 Å². The van der Waals surface area contributed by atoms with Gasteiger partial charge in [0, 0.05) is 5.56 Å². The standard InChI is InChI=1S/C18H28P2.C14H14FNO.C8H8O2.C6H6BFO2/c1-13-9-10-14(2)19(13)17-7-5-6-8-18(17)20-15(3)11-12-16(20)4;15-13-7-5-12(6-8-13)14(16)11-3-1-10(9-17)2-4-11;9-5-7-1-2-8(6-10)4-3-7;8-6-3-1-5(2-4-6)7(9)10/h5-8,13-16H,9-12H2,1-4H3;1-8,14,17H,9,16H2;1-5,10H,6H2;1-4,9-10H/t13-,14-,15-,16-;;;/m0.../s1. The number of benzene rings is 5. The molecule has 2 saturated heterocycles. The van der Waals surface area contributed by atoms with Crippen LogP contribution in [0.3, 0.4) is 0 Å². The SMILES string of the molecule is C[C@H]1CC[C@H](C)P1c1ccccc1P1[C@@H](C)CC[C@@H]1C.NC(c1ccc(F)cc1)c1ccc(CO)cc1.O=Cc1ccc(CO)cc1.OB(O)c1ccc(F)cc1. The Morgan fingerprint density at radius 3 is 1.32 bits per heavy atom. The Balaban J connectivity index is 0.000000176. The normalized spacial score (nSPS) is 19.6. The van der Waals surface area contributed by atoms with Gasteiger partial charge in [-0.3, -0.25) is 4.79 Å². The minimum Gasteiger partial charge on any atom is -0.423 e. The van der Waals surface area contributed by atoms with E-state index in [1.807, 2.05) is 24.3 Å². The minimum atomic E-state index is -1.51. The maximum atomic E-state index is 12.8. The fourth-order valence-electron chi connectivity index (χ4n) is 7.27. The lowest BCUT2D eigenvalue weighted by Crippen LogP contribution is -2.29. The molecule has 0 radical (unpaired) electrons. The summed E-state index contributed by atoms with van der Waals surface area (Å²) in [6.07, 6.45) is 6.57. The molecule has 2 aliphatic rings. The summed E-state index contributed by atoms with van der Waals surface area (Å²) >= 11 is 0. The van der Waals surface area contributed by atoms with Gasteiger partial charge in [-0.2, -0.15) is 0 Å². The maximum Gasteiger partial charge on any atom is 0.488 e. The van der Waals surface area contributed by atoms with Crippen LogP contribution < -0.4 is 21.8 Å². The lowest BCUT2D eigenvalue weighted by Gasteiger charge is -2.30. The Kier molecular flexibility index (Phi) is 18.6. The number of nitrogens with two attached hydrogens (primary N) is 1. The molecule has 5 aromatic rings. The molecule has 11 heteroatoms. The molecule has 6 N–H and O–H groups in total. The van der Waals surface area contributed by atoms with E-state index in [4.69, 9.17) is 26.0 Å². The summed E-state index contributed by atoms with van der Waals surface area (Å²) < 4.78 is 25.0. The second kappa shape index (κ2) is 23.1. The van der Waals surface area contributed by atoms with Crippen molar-refractivity contribution in [3.8, 4) is 0 Å². The van der Waals surface area contributed by atoms with E-state index < -0.39 is 7.12 Å². The van der Waals surface area contributed by atoms with Crippen LogP contribution in [0.1, 0.15) is 92.0 Å². The van der Waals surface area contributed by atoms with Crippen molar-refractivity contribution >= 4 is 45.3 Å². The molecule has 2 aliphatic heterocycles. The highest BCUT2D eigenvalue weighted by atomic mass is 31.1. The van der Waals surface area contributed by atoms with Crippen molar-refractivity contribution in [2.24, 2.45) is 5.73 Å². The van der Waals surface area contributed by atoms with Crippen molar-refractivity contribution in [1.29, 1.82) is 0 Å². The average molecular weight is 814 g/mol. The van der Waals surface area contributed by atoms with E-state index in [9.17, 15) is 13.6 Å². The summed E-state index contributed by atoms with van der Waals surface area (Å²) in [4.78, 5) is 10.1. The van der Waals surface area contributed by atoms with Gasteiger partial charge in [-0.15, -0.1) is 0 Å². The first-order valence-corrected chi connectivity index (χ1v) is 22.5. The zero-order valence-electron chi connectivity index (χ0n) is 33.3. The van der Waals surface area contributed by atoms with Crippen LogP contribution in [0.5, 0.6) is 0 Å². The van der Waals surface area contributed by atoms with E-state index >= 15 is 0 Å². The second-order valence-electron chi connectivity index (χ2n) is 14.7. The van der Waals surface area contributed by atoms with Crippen LogP contribution in [0, 0.1) is 11.6 Å². The first kappa shape index (κ1) is 46.0. The van der Waals surface area contributed by atoms with Gasteiger partial charge in [-0.1, -0.05) is 141 Å². The number of aliphatic hydroxyl groups is 2. The number of halogens is 2. The predicted octanol–water partition coefficient (Wildman–Crippen LogP) is 7.91. The Morgan fingerprint density at radius 2 is 0.965 bits per heavy atom. The largest absolute Gasteiger partial charge is 0.488 e. The van der Waals surface area contributed by atoms with Crippen LogP contribution in [0.15, 0.2) is 121 Å². The summed E-state index contributed by atoms with van der Waals surface area (Å²) in [5, 5.41) is 38.2. The van der Waals surface area contributed by atoms with E-state index in [2.05, 4.69) is 52.0 Å². The van der Waals surface area contributed by atoms with Crippen LogP contribution in [-0.4, -0.2) is 56.3 Å². The molecule has 57 heavy (non-hydrogen) atoms. The third-order valence-electron chi connectivity index (χ3n) is 10.6. The summed E-state index contributed by atoms with van der Waals surface area (Å²) in [5.41, 5.74) is 14.2. The molecule has 0 bridgehead atoms. The van der Waals surface area contributed by atoms with Gasteiger partial charge in [-0.05, 0) is 111 Å². The Hall–Kier alpha value is -3.65. The molecule has 0 aromatic heterocycles. The van der Waals surface area contributed by atoms with E-state index in [0.717, 1.165) is 51.2 Å². The van der Waals surface area contributed by atoms with Gasteiger partial charge in [0.2, 0.25) is 0 Å². The molecular formula is C46H56BF2NO5P2. The Morgan fingerprint density at radius 1 is 0.614 bits per heavy atom. The van der Waals surface area contributed by atoms with Crippen molar-refractivity contribution < 1.29 is 33.8 Å². The van der Waals surface area contributed by atoms with Gasteiger partial charge < -0.3 is 26.0 Å². The number of hydrogen-bond donors (Lipinski definition) is 5. The number of aldehydes is 1. The fraction of sp³-hybridized carbons (Fsp3) is 0.326. The lowest BCUT2D eigenvalue weighted by atomic mass is 9.80. The Labute approximate surface area is 339 Å². The number of aliphatic hydroxyl groups excluding tert-OH is 2. The molecule has 0 saturated carbocycles. The summed E-state index contributed by atoms with van der Waals surface area (Å²) in [6.45, 7) is 10.0. The molecular weight excluding hydrogens is 757 g/mol. The minimum absolute atomic E-state index is 0.0199. The van der Waals surface area contributed by atoms with Gasteiger partial charge in [0.15, 0.2) is 0 Å². The fourth-order valence-corrected chi connectivity index (χ4v) is 14.5. The van der Waals surface area contributed by atoms with Crippen molar-refractivity contribution in [2.45, 2.75) is 95.3 Å². The zero-order valence-corrected chi connectivity index (χ0v) is 35.0. The maximum absolute atomic E-state index is 12.8. The smallest absolute Gasteiger partial charge is 0.423 e. The van der Waals surface area contributed by atoms with Crippen LogP contribution in [-0.2, 0) is 13.2 Å². The molecule has 5 atom stereocenters. The van der Waals surface area contributed by atoms with Crippen LogP contribution in [0.4, 0.5) is 8.78 Å². The van der Waals surface area contributed by atoms with Crippen molar-refractivity contribution in [3.63, 3.8) is 0 Å². The highest BCUT2D eigenvalue weighted by molar-refractivity contribution is 7.73. The third kappa shape index (κ3) is 13.4. The first-order chi connectivity index (χ1) is 27.4. The van der Waals surface area contributed by atoms with Crippen LogP contribution in [0.25, 0.3) is 0 Å². The molecule has 302 valence electrons. The first-order valence-electron chi connectivity index (χ1n) is 19.5. The molecule has 0 aliphatic carbocycles. The highest BCUT2D eigenvalue weighted by Crippen LogP contribution is 2.58. The highest BCUT2D eigenvalue weighted by Gasteiger charge is 2.37. The molecule has 5 aromatic carbocycles. The molecule has 0 spiro atoms. The third-order valence-corrected chi connectivity index (χ3v) is 17.5. The molecule has 2 heterocycles. The van der Waals surface area contributed by atoms with E-state index in [1.54, 1.807) is 47.0 Å². The number of rotatable bonds is 8. The second-order valence-corrected chi connectivity index (χ2v) is 20.8. The van der Waals surface area contributed by atoms with Gasteiger partial charge in [0.25, 0.3) is 0 Å². The molecule has 0 amide bonds. The zero-order chi connectivity index (χ0) is 41.5. The topological polar surface area (TPSA) is 124 Å². The van der Waals surface area contributed by atoms with Crippen LogP contribution >= 0.6 is 15.8 Å². The molecule has 2 fully saturated rings.